The molecule has 4 nitrogen and oxygen atoms in total. The molecule has 0 unspecified atom stereocenters. The first-order valence-corrected chi connectivity index (χ1v) is 19.3. The summed E-state index contributed by atoms with van der Waals surface area (Å²) in [6.07, 6.45) is 0. The molecule has 276 valence electrons. The Balaban J connectivity index is 0.000000184. The van der Waals surface area contributed by atoms with Gasteiger partial charge in [-0.2, -0.15) is 36.4 Å². The van der Waals surface area contributed by atoms with Gasteiger partial charge in [0.25, 0.3) is 22.7 Å². The molecule has 6 aromatic carbocycles. The molecule has 2 aliphatic heterocycles. The number of hydrogen-bond acceptors (Lipinski definition) is 0. The van der Waals surface area contributed by atoms with Crippen LogP contribution in [0.25, 0.3) is 0 Å². The molecular weight excluding hydrogens is 852 g/mol. The van der Waals surface area contributed by atoms with Crippen molar-refractivity contribution in [2.75, 3.05) is 0 Å². The van der Waals surface area contributed by atoms with E-state index in [4.69, 9.17) is 0 Å². The van der Waals surface area contributed by atoms with Crippen molar-refractivity contribution in [1.82, 2.24) is 18.3 Å². The molecule has 0 aliphatic carbocycles. The average Bonchev–Trinajstić information content (AvgIpc) is 3.77. The minimum Gasteiger partial charge on any atom is -0.171 e. The molecule has 2 heterocycles. The van der Waals surface area contributed by atoms with Crippen molar-refractivity contribution >= 4 is 57.5 Å². The number of fused-ring (bicyclic) bond motifs is 2. The molecule has 0 spiro atoms. The number of rotatable bonds is 8. The Morgan fingerprint density at radius 3 is 0.927 bits per heavy atom. The van der Waals surface area contributed by atoms with E-state index in [1.165, 1.54) is 33.6 Å². The number of hydrogen-bond donors (Lipinski definition) is 0. The number of nitrogens with zero attached hydrogens (tertiary/aromatic N) is 4. The standard InChI is InChI=1S/2C25H25N2.Pt/c2*1-18(2)21-13-10-14-22(19(3)4)25(21)27-17-26(20-11-6-5-7-12-20)23-15-8-9-16-24(23)27;/h2*5-11,13-16,18-19H,1-4H3;/q2*+1;+2. The normalized spacial score (nSPS) is 12.7. The molecule has 8 rings (SSSR count). The van der Waals surface area contributed by atoms with E-state index in [1.54, 1.807) is 0 Å². The Bertz CT molecular complexity index is 2230. The molecule has 0 atom stereocenters. The predicted molar refractivity (Wildman–Crippen MR) is 229 cm³/mol. The van der Waals surface area contributed by atoms with Crippen molar-refractivity contribution < 1.29 is 21.1 Å². The van der Waals surface area contributed by atoms with Crippen molar-refractivity contribution in [3.63, 3.8) is 0 Å². The van der Waals surface area contributed by atoms with Crippen molar-refractivity contribution in [1.29, 1.82) is 0 Å². The average molecular weight is 902 g/mol. The van der Waals surface area contributed by atoms with Gasteiger partial charge < -0.3 is 0 Å². The van der Waals surface area contributed by atoms with Gasteiger partial charge in [-0.1, -0.05) is 137 Å². The molecule has 5 heteroatoms. The monoisotopic (exact) mass is 901 g/mol. The molecule has 0 fully saturated rings. The first kappa shape index (κ1) is 39.5. The number of benzene rings is 6. The summed E-state index contributed by atoms with van der Waals surface area (Å²) in [5.74, 6) is 1.74. The first-order chi connectivity index (χ1) is 26.2. The van der Waals surface area contributed by atoms with E-state index in [0.29, 0.717) is 23.7 Å². The van der Waals surface area contributed by atoms with Crippen molar-refractivity contribution in [3.05, 3.63) is 168 Å². The third-order valence-electron chi connectivity index (χ3n) is 10.1. The van der Waals surface area contributed by atoms with Gasteiger partial charge in [-0.25, -0.2) is 0 Å². The fraction of sp³-hybridized carbons (Fsp3) is 0.240. The molecule has 0 N–H and O–H groups in total. The smallest absolute Gasteiger partial charge is 0.171 e. The van der Waals surface area contributed by atoms with Crippen LogP contribution < -0.4 is 18.3 Å². The van der Waals surface area contributed by atoms with Gasteiger partial charge >= 0.3 is 33.1 Å². The maximum Gasteiger partial charge on any atom is 2.00 e. The van der Waals surface area contributed by atoms with E-state index in [-0.39, 0.29) is 21.1 Å². The van der Waals surface area contributed by atoms with Crippen LogP contribution in [0.4, 0.5) is 45.5 Å². The van der Waals surface area contributed by atoms with Gasteiger partial charge in [0.05, 0.1) is 0 Å². The van der Waals surface area contributed by atoms with Crippen LogP contribution >= 0.6 is 0 Å². The Kier molecular flexibility index (Phi) is 12.2. The molecule has 0 saturated heterocycles. The zero-order valence-corrected chi connectivity index (χ0v) is 35.4. The van der Waals surface area contributed by atoms with Gasteiger partial charge in [-0.3, -0.25) is 0 Å². The van der Waals surface area contributed by atoms with Gasteiger partial charge in [0, 0.05) is 46.5 Å². The molecule has 0 aromatic heterocycles. The SMILES string of the molecule is CC(C)c1cccc(C(C)C)c1[N+]1=C=[N+](c2[c-]cccc2)c2ccccc21.CC(C)c1cccc(C(C)C)c1[N+]1=C=[N+](c2[c-]cccc2)c2ccccc21.[Pt+2]. The van der Waals surface area contributed by atoms with Gasteiger partial charge in [0.15, 0.2) is 0 Å². The van der Waals surface area contributed by atoms with Gasteiger partial charge in [0.1, 0.15) is 11.4 Å². The van der Waals surface area contributed by atoms with Crippen LogP contribution in [0.15, 0.2) is 133 Å². The predicted octanol–water partition coefficient (Wildman–Crippen LogP) is 13.2. The third kappa shape index (κ3) is 7.82. The Hall–Kier alpha value is -5.23. The molecule has 2 aliphatic rings. The van der Waals surface area contributed by atoms with Crippen molar-refractivity contribution in [2.45, 2.75) is 79.1 Å². The second kappa shape index (κ2) is 17.1. The molecule has 6 aromatic rings. The maximum atomic E-state index is 3.61. The van der Waals surface area contributed by atoms with Gasteiger partial charge in [-0.05, 0) is 32.8 Å². The molecule has 0 radical (unpaired) electrons. The molecule has 0 amide bonds. The fourth-order valence-corrected chi connectivity index (χ4v) is 7.39. The zero-order valence-electron chi connectivity index (χ0n) is 33.1. The molecule has 0 saturated carbocycles. The summed E-state index contributed by atoms with van der Waals surface area (Å²) >= 11 is 0. The summed E-state index contributed by atoms with van der Waals surface area (Å²) in [6, 6.07) is 60.3. The molecule has 55 heavy (non-hydrogen) atoms. The largest absolute Gasteiger partial charge is 2.00 e. The van der Waals surface area contributed by atoms with Crippen LogP contribution in [0.2, 0.25) is 0 Å². The van der Waals surface area contributed by atoms with Gasteiger partial charge in [0.2, 0.25) is 11.4 Å². The Morgan fingerprint density at radius 2 is 0.655 bits per heavy atom. The van der Waals surface area contributed by atoms with E-state index in [0.717, 1.165) is 34.1 Å². The second-order valence-corrected chi connectivity index (χ2v) is 15.2. The van der Waals surface area contributed by atoms with Crippen LogP contribution in [0.1, 0.15) is 101 Å². The van der Waals surface area contributed by atoms with Crippen LogP contribution in [-0.4, -0.2) is 12.0 Å². The minimum absolute atomic E-state index is 0. The van der Waals surface area contributed by atoms with Crippen LogP contribution in [0.5, 0.6) is 0 Å². The molecule has 0 bridgehead atoms. The summed E-state index contributed by atoms with van der Waals surface area (Å²) in [5.41, 5.74) is 14.5. The third-order valence-corrected chi connectivity index (χ3v) is 10.1. The van der Waals surface area contributed by atoms with E-state index in [1.807, 2.05) is 36.4 Å². The van der Waals surface area contributed by atoms with Crippen molar-refractivity contribution in [2.24, 2.45) is 0 Å². The van der Waals surface area contributed by atoms with Crippen LogP contribution in [0.3, 0.4) is 0 Å². The first-order valence-electron chi connectivity index (χ1n) is 19.3. The zero-order chi connectivity index (χ0) is 37.9. The van der Waals surface area contributed by atoms with Gasteiger partial charge in [-0.15, -0.1) is 12.1 Å². The second-order valence-electron chi connectivity index (χ2n) is 15.2. The minimum atomic E-state index is 0. The topological polar surface area (TPSA) is 12.0 Å². The summed E-state index contributed by atoms with van der Waals surface area (Å²) in [4.78, 5) is 0. The summed E-state index contributed by atoms with van der Waals surface area (Å²) in [5, 5.41) is 0. The fourth-order valence-electron chi connectivity index (χ4n) is 7.39. The summed E-state index contributed by atoms with van der Waals surface area (Å²) in [6.45, 7) is 18.1. The summed E-state index contributed by atoms with van der Waals surface area (Å²) < 4.78 is 8.69. The van der Waals surface area contributed by atoms with Crippen molar-refractivity contribution in [3.8, 4) is 0 Å². The maximum absolute atomic E-state index is 3.61. The molecular formula is C50H50N4Pt+4. The Morgan fingerprint density at radius 1 is 0.364 bits per heavy atom. The van der Waals surface area contributed by atoms with E-state index in [9.17, 15) is 0 Å². The summed E-state index contributed by atoms with van der Waals surface area (Å²) in [7, 11) is 0. The van der Waals surface area contributed by atoms with Crippen LogP contribution in [0, 0.1) is 12.1 Å². The van der Waals surface area contributed by atoms with E-state index >= 15 is 0 Å². The van der Waals surface area contributed by atoms with E-state index in [2.05, 4.69) is 195 Å². The quantitative estimate of drug-likeness (QED) is 0.106. The Labute approximate surface area is 342 Å². The van der Waals surface area contributed by atoms with Crippen LogP contribution in [-0.2, 0) is 21.1 Å². The number of para-hydroxylation sites is 8. The van der Waals surface area contributed by atoms with E-state index < -0.39 is 0 Å².